The molecule has 2 aliphatic rings. The van der Waals surface area contributed by atoms with Crippen molar-refractivity contribution in [3.8, 4) is 0 Å². The van der Waals surface area contributed by atoms with Crippen LogP contribution in [0.1, 0.15) is 98.1 Å². The Morgan fingerprint density at radius 2 is 1.50 bits per heavy atom. The summed E-state index contributed by atoms with van der Waals surface area (Å²) in [7, 11) is 0. The number of nitrogens with one attached hydrogen (secondary N) is 1. The molecule has 2 saturated carbocycles. The molecule has 0 unspecified atom stereocenters. The molecule has 2 aliphatic carbocycles. The molecule has 0 aliphatic heterocycles. The van der Waals surface area contributed by atoms with Crippen molar-refractivity contribution in [2.45, 2.75) is 76.0 Å². The van der Waals surface area contributed by atoms with Crippen LogP contribution in [0.3, 0.4) is 0 Å². The number of hydrogen-bond donors (Lipinski definition) is 2. The van der Waals surface area contributed by atoms with Gasteiger partial charge in [0.25, 0.3) is 0 Å². The number of carbonyl (C=O) groups is 1. The van der Waals surface area contributed by atoms with Crippen LogP contribution in [-0.4, -0.2) is 21.0 Å². The Kier molecular flexibility index (Phi) is 4.08. The van der Waals surface area contributed by atoms with E-state index in [-0.39, 0.29) is 5.82 Å². The van der Waals surface area contributed by atoms with Gasteiger partial charge in [-0.1, -0.05) is 38.5 Å². The highest BCUT2D eigenvalue weighted by atomic mass is 16.4. The molecule has 4 heteroatoms. The monoisotopic (exact) mass is 276 g/mol. The van der Waals surface area contributed by atoms with Crippen molar-refractivity contribution >= 4 is 5.97 Å². The predicted octanol–water partition coefficient (Wildman–Crippen LogP) is 4.20. The van der Waals surface area contributed by atoms with Gasteiger partial charge in [0, 0.05) is 17.5 Å². The zero-order valence-corrected chi connectivity index (χ0v) is 12.0. The molecule has 1 heterocycles. The second kappa shape index (κ2) is 5.98. The molecule has 3 rings (SSSR count). The Labute approximate surface area is 120 Å². The Morgan fingerprint density at radius 1 is 0.950 bits per heavy atom. The highest BCUT2D eigenvalue weighted by Crippen LogP contribution is 2.39. The van der Waals surface area contributed by atoms with Gasteiger partial charge in [0.05, 0.1) is 5.69 Å². The van der Waals surface area contributed by atoms with Gasteiger partial charge in [0.2, 0.25) is 5.82 Å². The fraction of sp³-hybridized carbons (Fsp3) is 0.750. The highest BCUT2D eigenvalue weighted by Gasteiger charge is 2.28. The van der Waals surface area contributed by atoms with Crippen LogP contribution in [0.4, 0.5) is 0 Å². The molecule has 2 N–H and O–H groups in total. The quantitative estimate of drug-likeness (QED) is 0.869. The summed E-state index contributed by atoms with van der Waals surface area (Å²) in [5, 5.41) is 9.23. The highest BCUT2D eigenvalue weighted by molar-refractivity contribution is 5.83. The minimum Gasteiger partial charge on any atom is -0.475 e. The molecule has 0 aromatic carbocycles. The average molecular weight is 276 g/mol. The molecular weight excluding hydrogens is 252 g/mol. The minimum atomic E-state index is -0.927. The van der Waals surface area contributed by atoms with Crippen molar-refractivity contribution in [1.82, 2.24) is 9.97 Å². The Bertz CT molecular complexity index is 433. The molecule has 20 heavy (non-hydrogen) atoms. The van der Waals surface area contributed by atoms with Crippen LogP contribution in [0.2, 0.25) is 0 Å². The van der Waals surface area contributed by atoms with E-state index in [2.05, 4.69) is 9.97 Å². The van der Waals surface area contributed by atoms with E-state index < -0.39 is 5.97 Å². The third-order valence-corrected chi connectivity index (χ3v) is 4.97. The summed E-state index contributed by atoms with van der Waals surface area (Å²) in [6, 6.07) is 0. The molecule has 0 bridgehead atoms. The molecule has 0 saturated heterocycles. The van der Waals surface area contributed by atoms with Crippen LogP contribution < -0.4 is 0 Å². The summed E-state index contributed by atoms with van der Waals surface area (Å²) in [6.07, 6.45) is 12.4. The van der Waals surface area contributed by atoms with Gasteiger partial charge in [0.1, 0.15) is 0 Å². The standard InChI is InChI=1S/C16H24N2O2/c19-16(20)15-17-13(11-7-3-1-4-8-11)14(18-15)12-9-5-2-6-10-12/h11-12H,1-10H2,(H,17,18)(H,19,20). The second-order valence-electron chi connectivity index (χ2n) is 6.36. The topological polar surface area (TPSA) is 66.0 Å². The molecule has 110 valence electrons. The summed E-state index contributed by atoms with van der Waals surface area (Å²) >= 11 is 0. The maximum Gasteiger partial charge on any atom is 0.371 e. The van der Waals surface area contributed by atoms with Crippen molar-refractivity contribution in [3.05, 3.63) is 17.2 Å². The normalized spacial score (nSPS) is 22.0. The van der Waals surface area contributed by atoms with Crippen LogP contribution in [0.25, 0.3) is 0 Å². The number of H-pyrrole nitrogens is 1. The number of hydrogen-bond acceptors (Lipinski definition) is 2. The first kappa shape index (κ1) is 13.7. The van der Waals surface area contributed by atoms with E-state index in [1.165, 1.54) is 64.2 Å². The molecule has 0 atom stereocenters. The van der Waals surface area contributed by atoms with Crippen molar-refractivity contribution < 1.29 is 9.90 Å². The molecule has 2 fully saturated rings. The lowest BCUT2D eigenvalue weighted by Crippen LogP contribution is -2.12. The smallest absolute Gasteiger partial charge is 0.371 e. The first-order valence-corrected chi connectivity index (χ1v) is 8.09. The van der Waals surface area contributed by atoms with Crippen LogP contribution in [-0.2, 0) is 0 Å². The lowest BCUT2D eigenvalue weighted by Gasteiger charge is -2.25. The van der Waals surface area contributed by atoms with Gasteiger partial charge in [-0.15, -0.1) is 0 Å². The van der Waals surface area contributed by atoms with Crippen LogP contribution in [0, 0.1) is 0 Å². The van der Waals surface area contributed by atoms with E-state index in [4.69, 9.17) is 0 Å². The summed E-state index contributed by atoms with van der Waals surface area (Å²) < 4.78 is 0. The van der Waals surface area contributed by atoms with Gasteiger partial charge in [-0.25, -0.2) is 9.78 Å². The van der Waals surface area contributed by atoms with E-state index in [1.807, 2.05) is 0 Å². The number of aromatic nitrogens is 2. The van der Waals surface area contributed by atoms with E-state index in [0.29, 0.717) is 11.8 Å². The summed E-state index contributed by atoms with van der Waals surface area (Å²) in [4.78, 5) is 18.8. The number of aromatic carboxylic acids is 1. The molecule has 0 amide bonds. The molecule has 1 aromatic heterocycles. The van der Waals surface area contributed by atoms with Gasteiger partial charge in [-0.2, -0.15) is 0 Å². The number of carboxylic acid groups (broad SMARTS) is 1. The molecular formula is C16H24N2O2. The second-order valence-corrected chi connectivity index (χ2v) is 6.36. The number of imidazole rings is 1. The van der Waals surface area contributed by atoms with Crippen LogP contribution >= 0.6 is 0 Å². The maximum atomic E-state index is 11.2. The Hall–Kier alpha value is -1.32. The fourth-order valence-electron chi connectivity index (χ4n) is 3.89. The molecule has 4 nitrogen and oxygen atoms in total. The van der Waals surface area contributed by atoms with Crippen molar-refractivity contribution in [1.29, 1.82) is 0 Å². The Balaban J connectivity index is 1.90. The summed E-state index contributed by atoms with van der Waals surface area (Å²) in [5.74, 6) is 0.196. The average Bonchev–Trinajstić information content (AvgIpc) is 2.94. The van der Waals surface area contributed by atoms with E-state index in [0.717, 1.165) is 11.4 Å². The predicted molar refractivity (Wildman–Crippen MR) is 77.2 cm³/mol. The fourth-order valence-corrected chi connectivity index (χ4v) is 3.89. The number of nitrogens with zero attached hydrogens (tertiary/aromatic N) is 1. The third kappa shape index (κ3) is 2.74. The largest absolute Gasteiger partial charge is 0.475 e. The van der Waals surface area contributed by atoms with Crippen molar-refractivity contribution in [2.24, 2.45) is 0 Å². The lowest BCUT2D eigenvalue weighted by atomic mass is 9.81. The van der Waals surface area contributed by atoms with Gasteiger partial charge < -0.3 is 10.1 Å². The molecule has 0 spiro atoms. The van der Waals surface area contributed by atoms with Gasteiger partial charge in [-0.05, 0) is 25.7 Å². The summed E-state index contributed by atoms with van der Waals surface area (Å²) in [5.41, 5.74) is 2.23. The number of rotatable bonds is 3. The van der Waals surface area contributed by atoms with E-state index in [1.54, 1.807) is 0 Å². The third-order valence-electron chi connectivity index (χ3n) is 4.97. The zero-order chi connectivity index (χ0) is 13.9. The molecule has 0 radical (unpaired) electrons. The first-order chi connectivity index (χ1) is 9.75. The first-order valence-electron chi connectivity index (χ1n) is 8.09. The van der Waals surface area contributed by atoms with Crippen molar-refractivity contribution in [3.63, 3.8) is 0 Å². The molecule has 1 aromatic rings. The van der Waals surface area contributed by atoms with Gasteiger partial charge >= 0.3 is 5.97 Å². The Morgan fingerprint density at radius 3 is 2.05 bits per heavy atom. The SMILES string of the molecule is O=C(O)c1nc(C2CCCCC2)c(C2CCCCC2)[nH]1. The zero-order valence-electron chi connectivity index (χ0n) is 12.0. The minimum absolute atomic E-state index is 0.145. The van der Waals surface area contributed by atoms with E-state index in [9.17, 15) is 9.90 Å². The lowest BCUT2D eigenvalue weighted by molar-refractivity contribution is 0.0684. The maximum absolute atomic E-state index is 11.2. The number of aromatic amines is 1. The summed E-state index contributed by atoms with van der Waals surface area (Å²) in [6.45, 7) is 0. The van der Waals surface area contributed by atoms with Gasteiger partial charge in [0.15, 0.2) is 0 Å². The van der Waals surface area contributed by atoms with Crippen molar-refractivity contribution in [2.75, 3.05) is 0 Å². The van der Waals surface area contributed by atoms with Crippen LogP contribution in [0.15, 0.2) is 0 Å². The van der Waals surface area contributed by atoms with Gasteiger partial charge in [-0.3, -0.25) is 0 Å². The number of carboxylic acids is 1. The van der Waals surface area contributed by atoms with Crippen LogP contribution in [0.5, 0.6) is 0 Å². The van der Waals surface area contributed by atoms with E-state index >= 15 is 0 Å².